The molecule has 108 valence electrons. The summed E-state index contributed by atoms with van der Waals surface area (Å²) in [7, 11) is 1.88. The number of anilines is 1. The van der Waals surface area contributed by atoms with Crippen molar-refractivity contribution in [2.24, 2.45) is 0 Å². The molecule has 1 aromatic carbocycles. The monoisotopic (exact) mass is 293 g/mol. The quantitative estimate of drug-likeness (QED) is 0.890. The molecule has 20 heavy (non-hydrogen) atoms. The van der Waals surface area contributed by atoms with E-state index in [1.807, 2.05) is 36.9 Å². The van der Waals surface area contributed by atoms with Crippen LogP contribution in [0.15, 0.2) is 18.2 Å². The van der Waals surface area contributed by atoms with Gasteiger partial charge >= 0.3 is 0 Å². The zero-order valence-electron chi connectivity index (χ0n) is 12.2. The smallest absolute Gasteiger partial charge is 0.0998 e. The topological polar surface area (TPSA) is 54.8 Å². The van der Waals surface area contributed by atoms with Crippen molar-refractivity contribution in [2.75, 3.05) is 12.4 Å². The Morgan fingerprint density at radius 2 is 2.10 bits per heavy atom. The van der Waals surface area contributed by atoms with E-state index >= 15 is 0 Å². The molecule has 0 bridgehead atoms. The van der Waals surface area contributed by atoms with Crippen molar-refractivity contribution in [3.63, 3.8) is 0 Å². The zero-order valence-corrected chi connectivity index (χ0v) is 13.0. The Balaban J connectivity index is 2.36. The van der Waals surface area contributed by atoms with Crippen LogP contribution >= 0.6 is 11.6 Å². The van der Waals surface area contributed by atoms with E-state index in [2.05, 4.69) is 34.8 Å². The van der Waals surface area contributed by atoms with Gasteiger partial charge in [-0.05, 0) is 25.1 Å². The predicted octanol–water partition coefficient (Wildman–Crippen LogP) is 2.77. The summed E-state index contributed by atoms with van der Waals surface area (Å²) in [6.45, 7) is 6.93. The number of hydrogen-bond donors (Lipinski definition) is 2. The third-order valence-electron chi connectivity index (χ3n) is 3.13. The second-order valence-electron chi connectivity index (χ2n) is 4.98. The second kappa shape index (κ2) is 6.24. The summed E-state index contributed by atoms with van der Waals surface area (Å²) in [6.07, 6.45) is 0. The molecule has 0 spiro atoms. The number of hydrogen-bond acceptors (Lipinski definition) is 4. The van der Waals surface area contributed by atoms with Crippen LogP contribution in [0.4, 0.5) is 5.69 Å². The molecule has 0 aliphatic rings. The standard InChI is InChI=1S/C14H20ClN5/c1-9(2)17-8-13-10(3)20(19-18-13)14-7-11(15)5-6-12(14)16-4/h5-7,9,16-17H,8H2,1-4H3. The van der Waals surface area contributed by atoms with Crippen LogP contribution in [0.25, 0.3) is 5.69 Å². The molecule has 0 aliphatic carbocycles. The maximum Gasteiger partial charge on any atom is 0.0998 e. The van der Waals surface area contributed by atoms with Crippen molar-refractivity contribution in [3.8, 4) is 5.69 Å². The molecule has 0 aliphatic heterocycles. The summed E-state index contributed by atoms with van der Waals surface area (Å²) >= 11 is 6.08. The summed E-state index contributed by atoms with van der Waals surface area (Å²) < 4.78 is 1.81. The molecule has 6 heteroatoms. The molecular formula is C14H20ClN5. The van der Waals surface area contributed by atoms with E-state index < -0.39 is 0 Å². The largest absolute Gasteiger partial charge is 0.386 e. The predicted molar refractivity (Wildman–Crippen MR) is 82.6 cm³/mol. The highest BCUT2D eigenvalue weighted by molar-refractivity contribution is 6.30. The van der Waals surface area contributed by atoms with Gasteiger partial charge in [0.2, 0.25) is 0 Å². The van der Waals surface area contributed by atoms with E-state index in [0.717, 1.165) is 22.8 Å². The molecule has 2 aromatic rings. The molecule has 0 atom stereocenters. The average molecular weight is 294 g/mol. The molecule has 0 amide bonds. The minimum Gasteiger partial charge on any atom is -0.386 e. The molecule has 0 saturated carbocycles. The average Bonchev–Trinajstić information content (AvgIpc) is 2.77. The van der Waals surface area contributed by atoms with Crippen LogP contribution in [0.5, 0.6) is 0 Å². The van der Waals surface area contributed by atoms with Gasteiger partial charge in [-0.15, -0.1) is 5.10 Å². The fourth-order valence-corrected chi connectivity index (χ4v) is 2.11. The molecule has 2 N–H and O–H groups in total. The Bertz CT molecular complexity index is 591. The normalized spacial score (nSPS) is 11.1. The van der Waals surface area contributed by atoms with Crippen LogP contribution in [0, 0.1) is 6.92 Å². The first-order valence-corrected chi connectivity index (χ1v) is 7.03. The van der Waals surface area contributed by atoms with Gasteiger partial charge in [-0.2, -0.15) is 0 Å². The first kappa shape index (κ1) is 14.8. The second-order valence-corrected chi connectivity index (χ2v) is 5.42. The first-order valence-electron chi connectivity index (χ1n) is 6.65. The van der Waals surface area contributed by atoms with Crippen molar-refractivity contribution in [3.05, 3.63) is 34.6 Å². The van der Waals surface area contributed by atoms with Gasteiger partial charge in [-0.25, -0.2) is 4.68 Å². The molecule has 5 nitrogen and oxygen atoms in total. The van der Waals surface area contributed by atoms with Crippen molar-refractivity contribution in [1.29, 1.82) is 0 Å². The summed E-state index contributed by atoms with van der Waals surface area (Å²) in [5.41, 5.74) is 3.82. The molecular weight excluding hydrogens is 274 g/mol. The maximum atomic E-state index is 6.08. The van der Waals surface area contributed by atoms with Crippen molar-refractivity contribution in [2.45, 2.75) is 33.4 Å². The highest BCUT2D eigenvalue weighted by atomic mass is 35.5. The summed E-state index contributed by atoms with van der Waals surface area (Å²) in [4.78, 5) is 0. The van der Waals surface area contributed by atoms with Gasteiger partial charge in [0.1, 0.15) is 0 Å². The SMILES string of the molecule is CNc1ccc(Cl)cc1-n1nnc(CNC(C)C)c1C. The van der Waals surface area contributed by atoms with Crippen LogP contribution in [0.2, 0.25) is 5.02 Å². The molecule has 1 heterocycles. The summed E-state index contributed by atoms with van der Waals surface area (Å²) in [6, 6.07) is 6.09. The molecule has 0 fully saturated rings. The lowest BCUT2D eigenvalue weighted by molar-refractivity contribution is 0.579. The van der Waals surface area contributed by atoms with Crippen molar-refractivity contribution in [1.82, 2.24) is 20.3 Å². The Labute approximate surface area is 124 Å². The summed E-state index contributed by atoms with van der Waals surface area (Å²) in [5.74, 6) is 0. The van der Waals surface area contributed by atoms with Crippen molar-refractivity contribution < 1.29 is 0 Å². The van der Waals surface area contributed by atoms with E-state index in [4.69, 9.17) is 11.6 Å². The number of rotatable bonds is 5. The molecule has 1 aromatic heterocycles. The molecule has 0 radical (unpaired) electrons. The summed E-state index contributed by atoms with van der Waals surface area (Å²) in [5, 5.41) is 15.7. The Hall–Kier alpha value is -1.59. The van der Waals surface area contributed by atoms with Gasteiger partial charge < -0.3 is 10.6 Å². The van der Waals surface area contributed by atoms with Gasteiger partial charge in [0.05, 0.1) is 22.8 Å². The van der Waals surface area contributed by atoms with E-state index in [9.17, 15) is 0 Å². The number of nitrogens with one attached hydrogen (secondary N) is 2. The van der Waals surface area contributed by atoms with Crippen LogP contribution in [0.3, 0.4) is 0 Å². The molecule has 0 unspecified atom stereocenters. The van der Waals surface area contributed by atoms with E-state index in [0.29, 0.717) is 17.6 Å². The number of halogens is 1. The van der Waals surface area contributed by atoms with Gasteiger partial charge in [0, 0.05) is 24.7 Å². The third kappa shape index (κ3) is 3.11. The first-order chi connectivity index (χ1) is 9.52. The van der Waals surface area contributed by atoms with Crippen LogP contribution in [-0.2, 0) is 6.54 Å². The lowest BCUT2D eigenvalue weighted by Gasteiger charge is -2.11. The lowest BCUT2D eigenvalue weighted by Crippen LogP contribution is -2.22. The van der Waals surface area contributed by atoms with Gasteiger partial charge in [0.25, 0.3) is 0 Å². The highest BCUT2D eigenvalue weighted by Gasteiger charge is 2.13. The number of benzene rings is 1. The fraction of sp³-hybridized carbons (Fsp3) is 0.429. The highest BCUT2D eigenvalue weighted by Crippen LogP contribution is 2.25. The van der Waals surface area contributed by atoms with Gasteiger partial charge in [-0.1, -0.05) is 30.7 Å². The third-order valence-corrected chi connectivity index (χ3v) is 3.36. The van der Waals surface area contributed by atoms with Crippen molar-refractivity contribution >= 4 is 17.3 Å². The Morgan fingerprint density at radius 1 is 1.35 bits per heavy atom. The minimum atomic E-state index is 0.415. The van der Waals surface area contributed by atoms with Crippen LogP contribution in [0.1, 0.15) is 25.2 Å². The Morgan fingerprint density at radius 3 is 2.75 bits per heavy atom. The molecule has 0 saturated heterocycles. The van der Waals surface area contributed by atoms with Gasteiger partial charge in [0.15, 0.2) is 0 Å². The van der Waals surface area contributed by atoms with E-state index in [1.54, 1.807) is 0 Å². The zero-order chi connectivity index (χ0) is 14.7. The molecule has 2 rings (SSSR count). The van der Waals surface area contributed by atoms with Crippen LogP contribution < -0.4 is 10.6 Å². The van der Waals surface area contributed by atoms with E-state index in [-0.39, 0.29) is 0 Å². The number of aromatic nitrogens is 3. The van der Waals surface area contributed by atoms with Gasteiger partial charge in [-0.3, -0.25) is 0 Å². The Kier molecular flexibility index (Phi) is 4.62. The fourth-order valence-electron chi connectivity index (χ4n) is 1.94. The number of nitrogens with zero attached hydrogens (tertiary/aromatic N) is 3. The maximum absolute atomic E-state index is 6.08. The lowest BCUT2D eigenvalue weighted by atomic mass is 10.2. The van der Waals surface area contributed by atoms with E-state index in [1.165, 1.54) is 0 Å². The van der Waals surface area contributed by atoms with Crippen LogP contribution in [-0.4, -0.2) is 28.1 Å². The minimum absolute atomic E-state index is 0.415.